The van der Waals surface area contributed by atoms with Crippen LogP contribution in [0.5, 0.6) is 0 Å². The molecule has 1 fully saturated rings. The highest BCUT2D eigenvalue weighted by Gasteiger charge is 2.29. The number of carbonyl (C=O) groups is 2. The minimum atomic E-state index is -0.118. The Bertz CT molecular complexity index is 973. The number of hydrogen-bond donors (Lipinski definition) is 2. The van der Waals surface area contributed by atoms with E-state index in [0.717, 1.165) is 35.2 Å². The minimum absolute atomic E-state index is 0.00890. The third-order valence-electron chi connectivity index (χ3n) is 5.80. The van der Waals surface area contributed by atoms with Crippen LogP contribution in [0.15, 0.2) is 84.9 Å². The standard InChI is InChI=1S/C27H28N2O2/c1-19(20-14-16-24(17-15-20)29-27(31)23-12-13-23)28-26(30)18-25(21-8-4-2-5-9-21)22-10-6-3-7-11-22/h2-11,14-17,19,23,25H,12-13,18H2,1H3,(H,28,30)(H,29,31). The fourth-order valence-electron chi connectivity index (χ4n) is 3.81. The first kappa shape index (κ1) is 20.9. The first-order valence-corrected chi connectivity index (χ1v) is 10.9. The van der Waals surface area contributed by atoms with Crippen LogP contribution in [0.4, 0.5) is 5.69 Å². The van der Waals surface area contributed by atoms with Gasteiger partial charge in [-0.25, -0.2) is 0 Å². The van der Waals surface area contributed by atoms with Crippen LogP contribution in [0, 0.1) is 5.92 Å². The first-order chi connectivity index (χ1) is 15.1. The zero-order chi connectivity index (χ0) is 21.6. The molecule has 1 unspecified atom stereocenters. The van der Waals surface area contributed by atoms with Crippen LogP contribution in [-0.4, -0.2) is 11.8 Å². The van der Waals surface area contributed by atoms with Crippen molar-refractivity contribution in [2.45, 2.75) is 38.1 Å². The Kier molecular flexibility index (Phi) is 6.46. The lowest BCUT2D eigenvalue weighted by Gasteiger charge is -2.20. The Balaban J connectivity index is 1.39. The zero-order valence-corrected chi connectivity index (χ0v) is 17.8. The predicted octanol–water partition coefficient (Wildman–Crippen LogP) is 5.43. The van der Waals surface area contributed by atoms with Crippen molar-refractivity contribution < 1.29 is 9.59 Å². The lowest BCUT2D eigenvalue weighted by molar-refractivity contribution is -0.122. The molecule has 0 bridgehead atoms. The average Bonchev–Trinajstić information content (AvgIpc) is 3.65. The molecule has 2 N–H and O–H groups in total. The molecule has 3 aromatic rings. The maximum absolute atomic E-state index is 12.9. The summed E-state index contributed by atoms with van der Waals surface area (Å²) >= 11 is 0. The third kappa shape index (κ3) is 5.60. The number of carbonyl (C=O) groups excluding carboxylic acids is 2. The van der Waals surface area contributed by atoms with Crippen molar-refractivity contribution in [1.82, 2.24) is 5.32 Å². The van der Waals surface area contributed by atoms with E-state index in [2.05, 4.69) is 34.9 Å². The van der Waals surface area contributed by atoms with Gasteiger partial charge in [0.2, 0.25) is 11.8 Å². The fraction of sp³-hybridized carbons (Fsp3) is 0.259. The monoisotopic (exact) mass is 412 g/mol. The summed E-state index contributed by atoms with van der Waals surface area (Å²) in [5.74, 6) is 0.299. The van der Waals surface area contributed by atoms with Crippen molar-refractivity contribution in [3.8, 4) is 0 Å². The van der Waals surface area contributed by atoms with E-state index < -0.39 is 0 Å². The summed E-state index contributed by atoms with van der Waals surface area (Å²) in [6.07, 6.45) is 2.35. The smallest absolute Gasteiger partial charge is 0.227 e. The molecule has 0 radical (unpaired) electrons. The normalized spacial score (nSPS) is 14.1. The van der Waals surface area contributed by atoms with Gasteiger partial charge in [0.25, 0.3) is 0 Å². The van der Waals surface area contributed by atoms with Crippen LogP contribution in [0.3, 0.4) is 0 Å². The molecule has 4 rings (SSSR count). The lowest BCUT2D eigenvalue weighted by atomic mass is 9.88. The van der Waals surface area contributed by atoms with Gasteiger partial charge in [0.1, 0.15) is 0 Å². The number of anilines is 1. The molecule has 0 spiro atoms. The molecule has 1 aliphatic rings. The largest absolute Gasteiger partial charge is 0.350 e. The van der Waals surface area contributed by atoms with E-state index >= 15 is 0 Å². The molecule has 1 aliphatic carbocycles. The summed E-state index contributed by atoms with van der Waals surface area (Å²) in [4.78, 5) is 24.8. The molecule has 0 aromatic heterocycles. The van der Waals surface area contributed by atoms with Crippen LogP contribution in [0.1, 0.15) is 54.8 Å². The van der Waals surface area contributed by atoms with Gasteiger partial charge in [-0.15, -0.1) is 0 Å². The van der Waals surface area contributed by atoms with Crippen molar-refractivity contribution in [1.29, 1.82) is 0 Å². The van der Waals surface area contributed by atoms with Crippen LogP contribution < -0.4 is 10.6 Å². The van der Waals surface area contributed by atoms with Gasteiger partial charge in [0.15, 0.2) is 0 Å². The Morgan fingerprint density at radius 1 is 0.806 bits per heavy atom. The van der Waals surface area contributed by atoms with Crippen LogP contribution in [0.2, 0.25) is 0 Å². The SMILES string of the molecule is CC(NC(=O)CC(c1ccccc1)c1ccccc1)c1ccc(NC(=O)C2CC2)cc1. The van der Waals surface area contributed by atoms with Gasteiger partial charge in [-0.2, -0.15) is 0 Å². The Morgan fingerprint density at radius 3 is 1.87 bits per heavy atom. The van der Waals surface area contributed by atoms with E-state index in [-0.39, 0.29) is 29.7 Å². The van der Waals surface area contributed by atoms with E-state index in [9.17, 15) is 9.59 Å². The quantitative estimate of drug-likeness (QED) is 0.518. The van der Waals surface area contributed by atoms with Crippen molar-refractivity contribution in [2.24, 2.45) is 5.92 Å². The molecule has 1 atom stereocenters. The van der Waals surface area contributed by atoms with Gasteiger partial charge in [-0.3, -0.25) is 9.59 Å². The summed E-state index contributed by atoms with van der Waals surface area (Å²) in [7, 11) is 0. The number of amides is 2. The molecule has 158 valence electrons. The molecular weight excluding hydrogens is 384 g/mol. The van der Waals surface area contributed by atoms with E-state index in [4.69, 9.17) is 0 Å². The molecule has 0 heterocycles. The van der Waals surface area contributed by atoms with Crippen molar-refractivity contribution in [3.05, 3.63) is 102 Å². The average molecular weight is 413 g/mol. The first-order valence-electron chi connectivity index (χ1n) is 10.9. The summed E-state index contributed by atoms with van der Waals surface area (Å²) in [6, 6.07) is 27.9. The van der Waals surface area contributed by atoms with E-state index in [0.29, 0.717) is 6.42 Å². The summed E-state index contributed by atoms with van der Waals surface area (Å²) in [6.45, 7) is 1.98. The summed E-state index contributed by atoms with van der Waals surface area (Å²) in [5.41, 5.74) is 4.07. The molecule has 1 saturated carbocycles. The third-order valence-corrected chi connectivity index (χ3v) is 5.80. The number of benzene rings is 3. The Labute approximate surface area is 183 Å². The molecule has 31 heavy (non-hydrogen) atoms. The highest BCUT2D eigenvalue weighted by atomic mass is 16.2. The molecule has 4 nitrogen and oxygen atoms in total. The second-order valence-corrected chi connectivity index (χ2v) is 8.25. The predicted molar refractivity (Wildman–Crippen MR) is 124 cm³/mol. The van der Waals surface area contributed by atoms with E-state index in [1.54, 1.807) is 0 Å². The zero-order valence-electron chi connectivity index (χ0n) is 17.8. The lowest BCUT2D eigenvalue weighted by Crippen LogP contribution is -2.28. The minimum Gasteiger partial charge on any atom is -0.350 e. The van der Waals surface area contributed by atoms with Gasteiger partial charge < -0.3 is 10.6 Å². The molecule has 3 aromatic carbocycles. The summed E-state index contributed by atoms with van der Waals surface area (Å²) in [5, 5.41) is 6.08. The topological polar surface area (TPSA) is 58.2 Å². The van der Waals surface area contributed by atoms with Gasteiger partial charge in [-0.05, 0) is 48.6 Å². The van der Waals surface area contributed by atoms with E-state index in [1.165, 1.54) is 0 Å². The number of nitrogens with one attached hydrogen (secondary N) is 2. The van der Waals surface area contributed by atoms with Gasteiger partial charge in [0.05, 0.1) is 6.04 Å². The van der Waals surface area contributed by atoms with E-state index in [1.807, 2.05) is 67.6 Å². The van der Waals surface area contributed by atoms with Crippen molar-refractivity contribution in [3.63, 3.8) is 0 Å². The Hall–Kier alpha value is -3.40. The van der Waals surface area contributed by atoms with Crippen molar-refractivity contribution >= 4 is 17.5 Å². The Morgan fingerprint density at radius 2 is 1.35 bits per heavy atom. The van der Waals surface area contributed by atoms with Gasteiger partial charge in [-0.1, -0.05) is 72.8 Å². The molecule has 0 aliphatic heterocycles. The maximum Gasteiger partial charge on any atom is 0.227 e. The molecule has 4 heteroatoms. The van der Waals surface area contributed by atoms with Crippen LogP contribution in [-0.2, 0) is 9.59 Å². The van der Waals surface area contributed by atoms with Crippen molar-refractivity contribution in [2.75, 3.05) is 5.32 Å². The highest BCUT2D eigenvalue weighted by molar-refractivity contribution is 5.94. The van der Waals surface area contributed by atoms with Gasteiger partial charge >= 0.3 is 0 Å². The highest BCUT2D eigenvalue weighted by Crippen LogP contribution is 2.30. The van der Waals surface area contributed by atoms with Gasteiger partial charge in [0, 0.05) is 23.9 Å². The summed E-state index contributed by atoms with van der Waals surface area (Å²) < 4.78 is 0. The molecule has 0 saturated heterocycles. The van der Waals surface area contributed by atoms with Crippen LogP contribution >= 0.6 is 0 Å². The molecular formula is C27H28N2O2. The van der Waals surface area contributed by atoms with Crippen LogP contribution in [0.25, 0.3) is 0 Å². The second-order valence-electron chi connectivity index (χ2n) is 8.25. The second kappa shape index (κ2) is 9.61. The molecule has 2 amide bonds. The number of rotatable bonds is 8. The number of hydrogen-bond acceptors (Lipinski definition) is 2. The fourth-order valence-corrected chi connectivity index (χ4v) is 3.81. The maximum atomic E-state index is 12.9.